The standard InChI is InChI=1S/C24H28ClN5O2S/c1-16-13-20(21(32-3)14-19(16)25)26-23(31)17(2)33-24-28-27-22(15-29-11-7-8-12-29)30(24)18-9-5-4-6-10-18/h4-6,9-10,13-14,17H,7-8,11-12,15H2,1-3H3,(H,26,31). The van der Waals surface area contributed by atoms with Crippen LogP contribution in [0.1, 0.15) is 31.2 Å². The maximum absolute atomic E-state index is 13.0. The van der Waals surface area contributed by atoms with E-state index in [1.54, 1.807) is 13.2 Å². The number of nitrogens with one attached hydrogen (secondary N) is 1. The second-order valence-corrected chi connectivity index (χ2v) is 9.82. The van der Waals surface area contributed by atoms with Crippen molar-refractivity contribution in [3.05, 3.63) is 58.9 Å². The van der Waals surface area contributed by atoms with Crippen molar-refractivity contribution in [2.24, 2.45) is 0 Å². The normalized spacial score (nSPS) is 14.9. The number of aryl methyl sites for hydroxylation is 1. The Bertz CT molecular complexity index is 1120. The van der Waals surface area contributed by atoms with E-state index in [1.807, 2.05) is 50.2 Å². The number of carbonyl (C=O) groups is 1. The molecule has 1 unspecified atom stereocenters. The van der Waals surface area contributed by atoms with Crippen molar-refractivity contribution in [1.29, 1.82) is 0 Å². The van der Waals surface area contributed by atoms with Gasteiger partial charge in [-0.25, -0.2) is 0 Å². The summed E-state index contributed by atoms with van der Waals surface area (Å²) in [5, 5.41) is 12.8. The quantitative estimate of drug-likeness (QED) is 0.455. The number of halogens is 1. The number of benzene rings is 2. The summed E-state index contributed by atoms with van der Waals surface area (Å²) in [7, 11) is 1.55. The van der Waals surface area contributed by atoms with Crippen molar-refractivity contribution in [2.45, 2.75) is 43.6 Å². The van der Waals surface area contributed by atoms with Crippen LogP contribution in [-0.4, -0.2) is 51.0 Å². The van der Waals surface area contributed by atoms with Crippen LogP contribution < -0.4 is 10.1 Å². The summed E-state index contributed by atoms with van der Waals surface area (Å²) in [4.78, 5) is 15.4. The molecule has 0 saturated carbocycles. The highest BCUT2D eigenvalue weighted by Gasteiger charge is 2.24. The Morgan fingerprint density at radius 3 is 2.64 bits per heavy atom. The largest absolute Gasteiger partial charge is 0.495 e. The molecule has 0 radical (unpaired) electrons. The fourth-order valence-corrected chi connectivity index (χ4v) is 4.87. The first-order valence-electron chi connectivity index (χ1n) is 11.0. The molecular formula is C24H28ClN5O2S. The summed E-state index contributed by atoms with van der Waals surface area (Å²) in [6.45, 7) is 6.64. The Labute approximate surface area is 203 Å². The molecule has 1 saturated heterocycles. The van der Waals surface area contributed by atoms with Crippen LogP contribution in [0, 0.1) is 6.92 Å². The lowest BCUT2D eigenvalue weighted by Crippen LogP contribution is -2.24. The molecule has 4 rings (SSSR count). The van der Waals surface area contributed by atoms with E-state index in [2.05, 4.69) is 25.0 Å². The Morgan fingerprint density at radius 1 is 1.21 bits per heavy atom. The van der Waals surface area contributed by atoms with Gasteiger partial charge in [0.1, 0.15) is 5.75 Å². The molecule has 0 aliphatic carbocycles. The second-order valence-electron chi connectivity index (χ2n) is 8.10. The first-order chi connectivity index (χ1) is 16.0. The number of likely N-dealkylation sites (tertiary alicyclic amines) is 1. The number of aromatic nitrogens is 3. The molecule has 0 bridgehead atoms. The molecule has 1 amide bonds. The van der Waals surface area contributed by atoms with Crippen LogP contribution in [0.5, 0.6) is 5.75 Å². The van der Waals surface area contributed by atoms with Gasteiger partial charge in [-0.2, -0.15) is 0 Å². The van der Waals surface area contributed by atoms with Gasteiger partial charge in [0.25, 0.3) is 0 Å². The topological polar surface area (TPSA) is 72.3 Å². The molecule has 3 aromatic rings. The van der Waals surface area contributed by atoms with Crippen molar-refractivity contribution in [2.75, 3.05) is 25.5 Å². The first kappa shape index (κ1) is 23.6. The number of ether oxygens (including phenoxy) is 1. The van der Waals surface area contributed by atoms with E-state index in [4.69, 9.17) is 16.3 Å². The number of rotatable bonds is 8. The summed E-state index contributed by atoms with van der Waals surface area (Å²) >= 11 is 7.58. The summed E-state index contributed by atoms with van der Waals surface area (Å²) in [6, 6.07) is 13.6. The van der Waals surface area contributed by atoms with Gasteiger partial charge in [0.15, 0.2) is 11.0 Å². The average Bonchev–Trinajstić information content (AvgIpc) is 3.47. The molecule has 1 N–H and O–H groups in total. The summed E-state index contributed by atoms with van der Waals surface area (Å²) in [5.74, 6) is 1.26. The minimum absolute atomic E-state index is 0.149. The smallest absolute Gasteiger partial charge is 0.237 e. The van der Waals surface area contributed by atoms with Gasteiger partial charge >= 0.3 is 0 Å². The Kier molecular flexibility index (Phi) is 7.57. The number of hydrogen-bond donors (Lipinski definition) is 1. The summed E-state index contributed by atoms with van der Waals surface area (Å²) < 4.78 is 7.44. The Morgan fingerprint density at radius 2 is 1.94 bits per heavy atom. The zero-order chi connectivity index (χ0) is 23.4. The van der Waals surface area contributed by atoms with Crippen LogP contribution in [0.2, 0.25) is 5.02 Å². The molecule has 1 atom stereocenters. The van der Waals surface area contributed by atoms with E-state index < -0.39 is 5.25 Å². The molecule has 33 heavy (non-hydrogen) atoms. The minimum atomic E-state index is -0.406. The van der Waals surface area contributed by atoms with Crippen LogP contribution in [0.15, 0.2) is 47.6 Å². The molecule has 9 heteroatoms. The van der Waals surface area contributed by atoms with Gasteiger partial charge in [0.2, 0.25) is 5.91 Å². The van der Waals surface area contributed by atoms with E-state index >= 15 is 0 Å². The molecular weight excluding hydrogens is 458 g/mol. The van der Waals surface area contributed by atoms with Crippen molar-refractivity contribution in [3.8, 4) is 11.4 Å². The monoisotopic (exact) mass is 485 g/mol. The van der Waals surface area contributed by atoms with Crippen molar-refractivity contribution in [1.82, 2.24) is 19.7 Å². The number of methoxy groups -OCH3 is 1. The van der Waals surface area contributed by atoms with Crippen LogP contribution >= 0.6 is 23.4 Å². The van der Waals surface area contributed by atoms with E-state index in [0.717, 1.165) is 36.7 Å². The van der Waals surface area contributed by atoms with Gasteiger partial charge in [0, 0.05) is 16.8 Å². The van der Waals surface area contributed by atoms with Crippen LogP contribution in [0.4, 0.5) is 5.69 Å². The number of anilines is 1. The second kappa shape index (κ2) is 10.6. The van der Waals surface area contributed by atoms with Crippen LogP contribution in [0.3, 0.4) is 0 Å². The molecule has 2 aromatic carbocycles. The number of thioether (sulfide) groups is 1. The Hall–Kier alpha value is -2.55. The zero-order valence-corrected chi connectivity index (χ0v) is 20.6. The molecule has 174 valence electrons. The summed E-state index contributed by atoms with van der Waals surface area (Å²) in [5.41, 5.74) is 2.45. The van der Waals surface area contributed by atoms with Gasteiger partial charge in [0.05, 0.1) is 24.6 Å². The maximum Gasteiger partial charge on any atom is 0.237 e. The van der Waals surface area contributed by atoms with Gasteiger partial charge in [-0.1, -0.05) is 41.6 Å². The van der Waals surface area contributed by atoms with Crippen molar-refractivity contribution < 1.29 is 9.53 Å². The highest BCUT2D eigenvalue weighted by Crippen LogP contribution is 2.32. The highest BCUT2D eigenvalue weighted by atomic mass is 35.5. The van der Waals surface area contributed by atoms with E-state index in [1.165, 1.54) is 24.6 Å². The third kappa shape index (κ3) is 5.51. The predicted octanol–water partition coefficient (Wildman–Crippen LogP) is 4.95. The fraction of sp³-hybridized carbons (Fsp3) is 0.375. The number of hydrogen-bond acceptors (Lipinski definition) is 6. The lowest BCUT2D eigenvalue weighted by Gasteiger charge is -2.17. The molecule has 2 heterocycles. The van der Waals surface area contributed by atoms with Crippen LogP contribution in [0.25, 0.3) is 5.69 Å². The number of nitrogens with zero attached hydrogens (tertiary/aromatic N) is 4. The summed E-state index contributed by atoms with van der Waals surface area (Å²) in [6.07, 6.45) is 2.43. The fourth-order valence-electron chi connectivity index (χ4n) is 3.83. The van der Waals surface area contributed by atoms with Gasteiger partial charge in [-0.05, 0) is 63.5 Å². The maximum atomic E-state index is 13.0. The van der Waals surface area contributed by atoms with Gasteiger partial charge < -0.3 is 10.1 Å². The van der Waals surface area contributed by atoms with Crippen molar-refractivity contribution >= 4 is 35.0 Å². The Balaban J connectivity index is 1.55. The number of para-hydroxylation sites is 1. The van der Waals surface area contributed by atoms with Gasteiger partial charge in [-0.3, -0.25) is 14.3 Å². The third-order valence-corrected chi connectivity index (χ3v) is 7.12. The van der Waals surface area contributed by atoms with Gasteiger partial charge in [-0.15, -0.1) is 10.2 Å². The molecule has 0 spiro atoms. The third-order valence-electron chi connectivity index (χ3n) is 5.67. The lowest BCUT2D eigenvalue weighted by atomic mass is 10.2. The average molecular weight is 486 g/mol. The van der Waals surface area contributed by atoms with Crippen molar-refractivity contribution in [3.63, 3.8) is 0 Å². The van der Waals surface area contributed by atoms with E-state index in [-0.39, 0.29) is 5.91 Å². The molecule has 7 nitrogen and oxygen atoms in total. The molecule has 1 aromatic heterocycles. The number of amides is 1. The molecule has 1 aliphatic rings. The minimum Gasteiger partial charge on any atom is -0.495 e. The van der Waals surface area contributed by atoms with E-state index in [9.17, 15) is 4.79 Å². The number of carbonyl (C=O) groups excluding carboxylic acids is 1. The SMILES string of the molecule is COc1cc(Cl)c(C)cc1NC(=O)C(C)Sc1nnc(CN2CCCC2)n1-c1ccccc1. The highest BCUT2D eigenvalue weighted by molar-refractivity contribution is 8.00. The van der Waals surface area contributed by atoms with E-state index in [0.29, 0.717) is 21.6 Å². The first-order valence-corrected chi connectivity index (χ1v) is 12.3. The predicted molar refractivity (Wildman–Crippen MR) is 133 cm³/mol. The zero-order valence-electron chi connectivity index (χ0n) is 19.0. The lowest BCUT2D eigenvalue weighted by molar-refractivity contribution is -0.115. The molecule has 1 fully saturated rings. The molecule has 1 aliphatic heterocycles. The van der Waals surface area contributed by atoms with Crippen LogP contribution in [-0.2, 0) is 11.3 Å².